The molecule has 0 spiro atoms. The minimum atomic E-state index is -3.99. The van der Waals surface area contributed by atoms with Gasteiger partial charge in [-0.2, -0.15) is 16.8 Å². The zero-order chi connectivity index (χ0) is 23.2. The van der Waals surface area contributed by atoms with Gasteiger partial charge in [0.05, 0.1) is 12.5 Å². The van der Waals surface area contributed by atoms with Crippen LogP contribution in [0.15, 0.2) is 0 Å². The van der Waals surface area contributed by atoms with E-state index in [1.165, 1.54) is 0 Å². The molecule has 0 saturated carbocycles. The molecule has 0 aromatic heterocycles. The Hall–Kier alpha value is -1.32. The first-order valence-electron chi connectivity index (χ1n) is 9.02. The van der Waals surface area contributed by atoms with Gasteiger partial charge in [-0.15, -0.1) is 0 Å². The number of rotatable bonds is 12. The van der Waals surface area contributed by atoms with Crippen molar-refractivity contribution in [3.63, 3.8) is 0 Å². The Morgan fingerprint density at radius 2 is 1.43 bits per heavy atom. The predicted octanol–water partition coefficient (Wildman–Crippen LogP) is -0.286. The van der Waals surface area contributed by atoms with Crippen molar-refractivity contribution < 1.29 is 53.7 Å². The molecule has 3 atom stereocenters. The minimum Gasteiger partial charge on any atom is -0.453 e. The number of unbranched alkanes of at least 4 members (excludes halogenated alkanes) is 1. The van der Waals surface area contributed by atoms with E-state index in [0.717, 1.165) is 32.8 Å². The van der Waals surface area contributed by atoms with Gasteiger partial charge in [-0.1, -0.05) is 13.3 Å². The topological polar surface area (TPSA) is 158 Å². The molecule has 12 nitrogen and oxygen atoms in total. The van der Waals surface area contributed by atoms with Gasteiger partial charge in [0.1, 0.15) is 19.3 Å². The van der Waals surface area contributed by atoms with E-state index in [2.05, 4.69) is 0 Å². The summed E-state index contributed by atoms with van der Waals surface area (Å²) in [6.07, 6.45) is -1.21. The Morgan fingerprint density at radius 1 is 0.933 bits per heavy atom. The van der Waals surface area contributed by atoms with Gasteiger partial charge in [0.2, 0.25) is 6.29 Å². The molecule has 1 saturated heterocycles. The quantitative estimate of drug-likeness (QED) is 0.206. The standard InChI is InChI=1S/C16H28O12S2/c1-6-7-8-23-14-13(26-11(2)17)15(27-12(3)18)28-16(14,9-24-29(4,19)20)10-25-30(5,21)22/h13-15H,6-10H2,1-5H3/t13-,14+,15-/m1/s1. The molecule has 0 aromatic carbocycles. The van der Waals surface area contributed by atoms with Crippen LogP contribution in [-0.4, -0.2) is 85.2 Å². The highest BCUT2D eigenvalue weighted by atomic mass is 32.2. The first-order chi connectivity index (χ1) is 13.7. The van der Waals surface area contributed by atoms with Crippen LogP contribution < -0.4 is 0 Å². The summed E-state index contributed by atoms with van der Waals surface area (Å²) in [6, 6.07) is 0. The van der Waals surface area contributed by atoms with E-state index in [1.807, 2.05) is 6.92 Å². The van der Waals surface area contributed by atoms with Crippen LogP contribution in [0.25, 0.3) is 0 Å². The first-order valence-corrected chi connectivity index (χ1v) is 12.6. The van der Waals surface area contributed by atoms with Gasteiger partial charge < -0.3 is 18.9 Å². The highest BCUT2D eigenvalue weighted by Gasteiger charge is 2.60. The summed E-state index contributed by atoms with van der Waals surface area (Å²) in [5.74, 6) is -1.54. The number of hydrogen-bond donors (Lipinski definition) is 0. The first kappa shape index (κ1) is 26.7. The van der Waals surface area contributed by atoms with E-state index in [-0.39, 0.29) is 6.61 Å². The fourth-order valence-electron chi connectivity index (χ4n) is 2.66. The average molecular weight is 477 g/mol. The van der Waals surface area contributed by atoms with Crippen LogP contribution in [-0.2, 0) is 57.1 Å². The van der Waals surface area contributed by atoms with Gasteiger partial charge in [-0.25, -0.2) is 0 Å². The SMILES string of the molecule is CCCCO[C@H]1[C@@H](OC(C)=O)[C@H](OC(C)=O)OC1(COS(C)(=O)=O)COS(C)(=O)=O. The number of ether oxygens (including phenoxy) is 4. The molecule has 176 valence electrons. The Morgan fingerprint density at radius 3 is 1.83 bits per heavy atom. The van der Waals surface area contributed by atoms with Gasteiger partial charge in [-0.3, -0.25) is 18.0 Å². The maximum absolute atomic E-state index is 11.6. The van der Waals surface area contributed by atoms with Crippen molar-refractivity contribution in [2.75, 3.05) is 32.3 Å². The van der Waals surface area contributed by atoms with Crippen molar-refractivity contribution in [2.24, 2.45) is 0 Å². The van der Waals surface area contributed by atoms with E-state index in [0.29, 0.717) is 6.42 Å². The zero-order valence-corrected chi connectivity index (χ0v) is 19.1. The Balaban J connectivity index is 3.40. The molecule has 0 amide bonds. The molecule has 0 N–H and O–H groups in total. The summed E-state index contributed by atoms with van der Waals surface area (Å²) in [5, 5.41) is 0. The van der Waals surface area contributed by atoms with Crippen molar-refractivity contribution in [3.8, 4) is 0 Å². The number of hydrogen-bond acceptors (Lipinski definition) is 12. The van der Waals surface area contributed by atoms with Gasteiger partial charge in [-0.05, 0) is 6.42 Å². The summed E-state index contributed by atoms with van der Waals surface area (Å²) in [7, 11) is -7.98. The van der Waals surface area contributed by atoms with E-state index < -0.39 is 69.5 Å². The third-order valence-corrected chi connectivity index (χ3v) is 4.94. The van der Waals surface area contributed by atoms with Crippen LogP contribution in [0, 0.1) is 0 Å². The fourth-order valence-corrected chi connectivity index (χ4v) is 3.49. The molecule has 1 rings (SSSR count). The lowest BCUT2D eigenvalue weighted by Gasteiger charge is -2.33. The molecule has 0 aliphatic carbocycles. The molecule has 1 heterocycles. The average Bonchev–Trinajstić information content (AvgIpc) is 2.83. The molecular weight excluding hydrogens is 448 g/mol. The molecule has 1 fully saturated rings. The van der Waals surface area contributed by atoms with Crippen LogP contribution in [0.5, 0.6) is 0 Å². The van der Waals surface area contributed by atoms with Crippen LogP contribution >= 0.6 is 0 Å². The molecule has 30 heavy (non-hydrogen) atoms. The monoisotopic (exact) mass is 476 g/mol. The minimum absolute atomic E-state index is 0.134. The molecule has 14 heteroatoms. The normalized spacial score (nSPS) is 23.8. The molecule has 1 aliphatic rings. The number of carbonyl (C=O) groups excluding carboxylic acids is 2. The largest absolute Gasteiger partial charge is 0.453 e. The van der Waals surface area contributed by atoms with Crippen molar-refractivity contribution >= 4 is 32.2 Å². The van der Waals surface area contributed by atoms with Gasteiger partial charge >= 0.3 is 11.9 Å². The van der Waals surface area contributed by atoms with Crippen LogP contribution in [0.2, 0.25) is 0 Å². The number of carbonyl (C=O) groups is 2. The number of esters is 2. The van der Waals surface area contributed by atoms with Gasteiger partial charge in [0, 0.05) is 20.5 Å². The summed E-state index contributed by atoms with van der Waals surface area (Å²) >= 11 is 0. The summed E-state index contributed by atoms with van der Waals surface area (Å²) in [4.78, 5) is 23.1. The molecule has 0 aromatic rings. The third-order valence-electron chi connectivity index (χ3n) is 3.85. The Kier molecular flexibility index (Phi) is 9.63. The van der Waals surface area contributed by atoms with Gasteiger partial charge in [0.15, 0.2) is 11.7 Å². The predicted molar refractivity (Wildman–Crippen MR) is 101 cm³/mol. The van der Waals surface area contributed by atoms with E-state index in [1.54, 1.807) is 0 Å². The second kappa shape index (κ2) is 10.8. The maximum atomic E-state index is 11.6. The van der Waals surface area contributed by atoms with Crippen molar-refractivity contribution in [1.29, 1.82) is 0 Å². The maximum Gasteiger partial charge on any atom is 0.305 e. The van der Waals surface area contributed by atoms with Crippen molar-refractivity contribution in [1.82, 2.24) is 0 Å². The lowest BCUT2D eigenvalue weighted by molar-refractivity contribution is -0.211. The summed E-state index contributed by atoms with van der Waals surface area (Å²) < 4.78 is 77.7. The summed E-state index contributed by atoms with van der Waals surface area (Å²) in [6.45, 7) is 2.73. The van der Waals surface area contributed by atoms with Gasteiger partial charge in [0.25, 0.3) is 20.2 Å². The second-order valence-corrected chi connectivity index (χ2v) is 10.1. The van der Waals surface area contributed by atoms with Crippen LogP contribution in [0.4, 0.5) is 0 Å². The molecule has 0 radical (unpaired) electrons. The van der Waals surface area contributed by atoms with Crippen molar-refractivity contribution in [3.05, 3.63) is 0 Å². The third kappa shape index (κ3) is 8.81. The molecule has 0 unspecified atom stereocenters. The van der Waals surface area contributed by atoms with Crippen molar-refractivity contribution in [2.45, 2.75) is 57.7 Å². The smallest absolute Gasteiger partial charge is 0.305 e. The van der Waals surface area contributed by atoms with Crippen LogP contribution in [0.1, 0.15) is 33.6 Å². The Labute approximate surface area is 176 Å². The zero-order valence-electron chi connectivity index (χ0n) is 17.5. The molecule has 0 bridgehead atoms. The molecule has 1 aliphatic heterocycles. The second-order valence-electron chi connectivity index (χ2n) is 6.81. The highest BCUT2D eigenvalue weighted by molar-refractivity contribution is 7.86. The molecular formula is C16H28O12S2. The fraction of sp³-hybridized carbons (Fsp3) is 0.875. The summed E-state index contributed by atoms with van der Waals surface area (Å²) in [5.41, 5.74) is -1.89. The van der Waals surface area contributed by atoms with E-state index >= 15 is 0 Å². The lowest BCUT2D eigenvalue weighted by atomic mass is 9.96. The van der Waals surface area contributed by atoms with E-state index in [4.69, 9.17) is 27.3 Å². The Bertz CT molecular complexity index is 768. The van der Waals surface area contributed by atoms with Crippen LogP contribution in [0.3, 0.4) is 0 Å². The lowest BCUT2D eigenvalue weighted by Crippen LogP contribution is -2.53. The van der Waals surface area contributed by atoms with E-state index in [9.17, 15) is 26.4 Å². The highest BCUT2D eigenvalue weighted by Crippen LogP contribution is 2.38.